The standard InChI is InChI=1S/C22H29N3O3/c1-14(2)12-16-19(22(16,3)4)21(26)24-18-10-11-23-25(18)13-15-8-7-9-17(27-5)20(15)28-6/h7-12,16,19H,13H2,1-6H3,(H,24,26). The van der Waals surface area contributed by atoms with E-state index in [4.69, 9.17) is 9.47 Å². The quantitative estimate of drug-likeness (QED) is 0.730. The van der Waals surface area contributed by atoms with Crippen LogP contribution < -0.4 is 14.8 Å². The molecule has 0 saturated heterocycles. The molecule has 1 aromatic heterocycles. The Balaban J connectivity index is 1.77. The number of rotatable bonds is 7. The van der Waals surface area contributed by atoms with Gasteiger partial charge in [0.25, 0.3) is 0 Å². The van der Waals surface area contributed by atoms with Crippen LogP contribution in [0.15, 0.2) is 42.1 Å². The Labute approximate surface area is 166 Å². The predicted molar refractivity (Wildman–Crippen MR) is 110 cm³/mol. The van der Waals surface area contributed by atoms with Gasteiger partial charge in [-0.25, -0.2) is 4.68 Å². The number of carbonyl (C=O) groups is 1. The zero-order chi connectivity index (χ0) is 20.5. The van der Waals surface area contributed by atoms with Crippen LogP contribution in [0, 0.1) is 17.3 Å². The van der Waals surface area contributed by atoms with Gasteiger partial charge in [-0.3, -0.25) is 4.79 Å². The molecule has 1 N–H and O–H groups in total. The number of nitrogens with one attached hydrogen (secondary N) is 1. The van der Waals surface area contributed by atoms with Crippen LogP contribution in [0.4, 0.5) is 5.82 Å². The van der Waals surface area contributed by atoms with Gasteiger partial charge in [-0.05, 0) is 31.2 Å². The summed E-state index contributed by atoms with van der Waals surface area (Å²) in [5, 5.41) is 7.43. The summed E-state index contributed by atoms with van der Waals surface area (Å²) < 4.78 is 12.6. The topological polar surface area (TPSA) is 65.4 Å². The molecule has 1 heterocycles. The summed E-state index contributed by atoms with van der Waals surface area (Å²) in [6.45, 7) is 8.88. The first-order valence-electron chi connectivity index (χ1n) is 9.47. The minimum atomic E-state index is -0.0305. The number of amides is 1. The van der Waals surface area contributed by atoms with E-state index in [9.17, 15) is 4.79 Å². The highest BCUT2D eigenvalue weighted by molar-refractivity contribution is 5.95. The van der Waals surface area contributed by atoms with E-state index in [1.54, 1.807) is 25.1 Å². The molecular weight excluding hydrogens is 354 g/mol. The molecular formula is C22H29N3O3. The van der Waals surface area contributed by atoms with Crippen molar-refractivity contribution in [1.82, 2.24) is 9.78 Å². The summed E-state index contributed by atoms with van der Waals surface area (Å²) in [6, 6.07) is 7.54. The average molecular weight is 383 g/mol. The fourth-order valence-corrected chi connectivity index (χ4v) is 3.86. The lowest BCUT2D eigenvalue weighted by Crippen LogP contribution is -2.20. The van der Waals surface area contributed by atoms with E-state index in [1.807, 2.05) is 24.3 Å². The molecule has 1 aliphatic carbocycles. The van der Waals surface area contributed by atoms with Crippen molar-refractivity contribution >= 4 is 11.7 Å². The first kappa shape index (κ1) is 20.0. The highest BCUT2D eigenvalue weighted by Crippen LogP contribution is 2.59. The summed E-state index contributed by atoms with van der Waals surface area (Å²) in [7, 11) is 3.23. The minimum absolute atomic E-state index is 0.0256. The van der Waals surface area contributed by atoms with Gasteiger partial charge in [0.2, 0.25) is 5.91 Å². The van der Waals surface area contributed by atoms with Gasteiger partial charge >= 0.3 is 0 Å². The molecule has 150 valence electrons. The minimum Gasteiger partial charge on any atom is -0.493 e. The molecule has 1 aromatic carbocycles. The Hall–Kier alpha value is -2.76. The van der Waals surface area contributed by atoms with Crippen LogP contribution in [0.25, 0.3) is 0 Å². The lowest BCUT2D eigenvalue weighted by Gasteiger charge is -2.14. The van der Waals surface area contributed by atoms with Crippen LogP contribution in [-0.2, 0) is 11.3 Å². The van der Waals surface area contributed by atoms with Crippen LogP contribution >= 0.6 is 0 Å². The highest BCUT2D eigenvalue weighted by Gasteiger charge is 2.60. The van der Waals surface area contributed by atoms with Crippen molar-refractivity contribution in [3.05, 3.63) is 47.7 Å². The lowest BCUT2D eigenvalue weighted by molar-refractivity contribution is -0.118. The molecule has 1 fully saturated rings. The summed E-state index contributed by atoms with van der Waals surface area (Å²) in [4.78, 5) is 12.9. The van der Waals surface area contributed by atoms with Crippen molar-refractivity contribution in [2.24, 2.45) is 17.3 Å². The van der Waals surface area contributed by atoms with Crippen molar-refractivity contribution in [2.75, 3.05) is 19.5 Å². The van der Waals surface area contributed by atoms with E-state index in [2.05, 4.69) is 44.2 Å². The van der Waals surface area contributed by atoms with Crippen LogP contribution in [-0.4, -0.2) is 29.9 Å². The van der Waals surface area contributed by atoms with Gasteiger partial charge in [0.15, 0.2) is 11.5 Å². The maximum atomic E-state index is 12.9. The van der Waals surface area contributed by atoms with E-state index in [0.717, 1.165) is 5.56 Å². The zero-order valence-electron chi connectivity index (χ0n) is 17.4. The van der Waals surface area contributed by atoms with Crippen molar-refractivity contribution in [3.8, 4) is 11.5 Å². The van der Waals surface area contributed by atoms with Crippen LogP contribution in [0.1, 0.15) is 33.3 Å². The fourth-order valence-electron chi connectivity index (χ4n) is 3.86. The summed E-state index contributed by atoms with van der Waals surface area (Å²) in [5.41, 5.74) is 2.14. The molecule has 2 unspecified atom stereocenters. The molecule has 2 atom stereocenters. The number of aromatic nitrogens is 2. The second kappa shape index (κ2) is 7.70. The SMILES string of the molecule is COc1cccc(Cn2nccc2NC(=O)C2C(C=C(C)C)C2(C)C)c1OC. The molecule has 28 heavy (non-hydrogen) atoms. The number of hydrogen-bond acceptors (Lipinski definition) is 4. The molecule has 6 heteroatoms. The van der Waals surface area contributed by atoms with Gasteiger partial charge < -0.3 is 14.8 Å². The maximum absolute atomic E-state index is 12.9. The first-order chi connectivity index (χ1) is 13.3. The van der Waals surface area contributed by atoms with Crippen LogP contribution in [0.3, 0.4) is 0 Å². The largest absolute Gasteiger partial charge is 0.493 e. The Kier molecular flexibility index (Phi) is 5.49. The van der Waals surface area contributed by atoms with Gasteiger partial charge in [0, 0.05) is 11.6 Å². The highest BCUT2D eigenvalue weighted by atomic mass is 16.5. The van der Waals surface area contributed by atoms with Gasteiger partial charge in [-0.15, -0.1) is 0 Å². The van der Waals surface area contributed by atoms with Crippen LogP contribution in [0.5, 0.6) is 11.5 Å². The van der Waals surface area contributed by atoms with Gasteiger partial charge in [0.05, 0.1) is 32.9 Å². The maximum Gasteiger partial charge on any atom is 0.229 e. The molecule has 0 spiro atoms. The third kappa shape index (κ3) is 3.77. The molecule has 3 rings (SSSR count). The molecule has 1 amide bonds. The first-order valence-corrected chi connectivity index (χ1v) is 9.47. The van der Waals surface area contributed by atoms with Gasteiger partial charge in [-0.2, -0.15) is 5.10 Å². The number of ether oxygens (including phenoxy) is 2. The van der Waals surface area contributed by atoms with Crippen molar-refractivity contribution in [3.63, 3.8) is 0 Å². The normalized spacial score (nSPS) is 19.6. The van der Waals surface area contributed by atoms with E-state index in [1.165, 1.54) is 5.57 Å². The fraction of sp³-hybridized carbons (Fsp3) is 0.455. The number of allylic oxidation sites excluding steroid dienone is 2. The van der Waals surface area contributed by atoms with Gasteiger partial charge in [0.1, 0.15) is 5.82 Å². The third-order valence-electron chi connectivity index (χ3n) is 5.48. The monoisotopic (exact) mass is 383 g/mol. The second-order valence-corrected chi connectivity index (χ2v) is 8.08. The van der Waals surface area contributed by atoms with E-state index in [-0.39, 0.29) is 23.2 Å². The Bertz CT molecular complexity index is 894. The summed E-state index contributed by atoms with van der Waals surface area (Å²) >= 11 is 0. The second-order valence-electron chi connectivity index (χ2n) is 8.08. The average Bonchev–Trinajstić information content (AvgIpc) is 2.95. The zero-order valence-corrected chi connectivity index (χ0v) is 17.4. The molecule has 2 aromatic rings. The Morgan fingerprint density at radius 2 is 2.00 bits per heavy atom. The molecule has 1 aliphatic rings. The number of para-hydroxylation sites is 1. The van der Waals surface area contributed by atoms with E-state index >= 15 is 0 Å². The van der Waals surface area contributed by atoms with Crippen molar-refractivity contribution < 1.29 is 14.3 Å². The van der Waals surface area contributed by atoms with E-state index in [0.29, 0.717) is 23.9 Å². The van der Waals surface area contributed by atoms with E-state index < -0.39 is 0 Å². The molecule has 6 nitrogen and oxygen atoms in total. The molecule has 1 saturated carbocycles. The van der Waals surface area contributed by atoms with Gasteiger partial charge in [-0.1, -0.05) is 37.6 Å². The predicted octanol–water partition coefficient (Wildman–Crippen LogP) is 4.13. The third-order valence-corrected chi connectivity index (χ3v) is 5.48. The molecule has 0 bridgehead atoms. The molecule has 0 aliphatic heterocycles. The Morgan fingerprint density at radius 3 is 2.64 bits per heavy atom. The smallest absolute Gasteiger partial charge is 0.229 e. The number of nitrogens with zero attached hydrogens (tertiary/aromatic N) is 2. The molecule has 0 radical (unpaired) electrons. The van der Waals surface area contributed by atoms with Crippen molar-refractivity contribution in [2.45, 2.75) is 34.2 Å². The number of benzene rings is 1. The van der Waals surface area contributed by atoms with Crippen LogP contribution in [0.2, 0.25) is 0 Å². The summed E-state index contributed by atoms with van der Waals surface area (Å²) in [6.07, 6.45) is 3.89. The summed E-state index contributed by atoms with van der Waals surface area (Å²) in [5.74, 6) is 2.29. The number of hydrogen-bond donors (Lipinski definition) is 1. The Morgan fingerprint density at radius 1 is 1.25 bits per heavy atom. The van der Waals surface area contributed by atoms with Crippen molar-refractivity contribution in [1.29, 1.82) is 0 Å². The number of anilines is 1. The number of methoxy groups -OCH3 is 2. The lowest BCUT2D eigenvalue weighted by atomic mass is 10.1. The number of carbonyl (C=O) groups excluding carboxylic acids is 1.